The zero-order valence-corrected chi connectivity index (χ0v) is 24.3. The molecular formula is C30H35FN6O3S. The van der Waals surface area contributed by atoms with Gasteiger partial charge in [0.25, 0.3) is 5.91 Å². The number of carbonyl (C=O) groups excluding carboxylic acids is 2. The molecular weight excluding hydrogens is 543 g/mol. The van der Waals surface area contributed by atoms with Gasteiger partial charge in [-0.3, -0.25) is 9.59 Å². The van der Waals surface area contributed by atoms with Crippen LogP contribution in [-0.2, 0) is 21.9 Å². The van der Waals surface area contributed by atoms with Crippen LogP contribution in [0.25, 0.3) is 0 Å². The first kappa shape index (κ1) is 28.8. The number of amides is 2. The number of benzene rings is 2. The lowest BCUT2D eigenvalue weighted by molar-refractivity contribution is -0.130. The molecule has 2 saturated heterocycles. The number of methoxy groups -OCH3 is 1. The number of thioether (sulfide) groups is 1. The predicted octanol–water partition coefficient (Wildman–Crippen LogP) is 3.69. The Hall–Kier alpha value is -3.70. The molecule has 9 nitrogen and oxygen atoms in total. The van der Waals surface area contributed by atoms with E-state index >= 15 is 0 Å². The lowest BCUT2D eigenvalue weighted by atomic mass is 10.1. The summed E-state index contributed by atoms with van der Waals surface area (Å²) in [6.45, 7) is 7.02. The normalized spacial score (nSPS) is 15.8. The number of para-hydroxylation sites is 1. The van der Waals surface area contributed by atoms with Gasteiger partial charge in [-0.2, -0.15) is 0 Å². The summed E-state index contributed by atoms with van der Waals surface area (Å²) in [5, 5.41) is 0.662. The Morgan fingerprint density at radius 1 is 0.878 bits per heavy atom. The van der Waals surface area contributed by atoms with Gasteiger partial charge in [0.05, 0.1) is 18.0 Å². The Morgan fingerprint density at radius 2 is 1.54 bits per heavy atom. The highest BCUT2D eigenvalue weighted by molar-refractivity contribution is 7.98. The summed E-state index contributed by atoms with van der Waals surface area (Å²) in [6.07, 6.45) is 0. The minimum absolute atomic E-state index is 0.0113. The standard InChI is InChI=1S/C30H35FN6O3S/c1-22(38)34-11-17-37(18-12-34)29(39)24-9-7-23(8-10-24)21-41-30-32-25(20-40-2)19-28(33-30)36-15-13-35(14-16-36)27-6-4-3-5-26(27)31/h3-10,19H,11-18,20-21H2,1-2H3. The van der Waals surface area contributed by atoms with Gasteiger partial charge in [-0.05, 0) is 29.8 Å². The second kappa shape index (κ2) is 13.3. The second-order valence-electron chi connectivity index (χ2n) is 10.1. The van der Waals surface area contributed by atoms with E-state index in [1.807, 2.05) is 42.5 Å². The second-order valence-corrected chi connectivity index (χ2v) is 11.1. The van der Waals surface area contributed by atoms with Gasteiger partial charge in [0, 0.05) is 83.8 Å². The third-order valence-corrected chi connectivity index (χ3v) is 8.33. The molecule has 41 heavy (non-hydrogen) atoms. The number of hydrogen-bond donors (Lipinski definition) is 0. The number of rotatable bonds is 8. The van der Waals surface area contributed by atoms with Crippen molar-refractivity contribution in [2.75, 3.05) is 69.3 Å². The SMILES string of the molecule is COCc1cc(N2CCN(c3ccccc3F)CC2)nc(SCc2ccc(C(=O)N3CCN(C(C)=O)CC3)cc2)n1. The van der Waals surface area contributed by atoms with Crippen LogP contribution in [0.5, 0.6) is 0 Å². The Morgan fingerprint density at radius 3 is 2.20 bits per heavy atom. The van der Waals surface area contributed by atoms with Crippen molar-refractivity contribution in [1.82, 2.24) is 19.8 Å². The zero-order chi connectivity index (χ0) is 28.8. The zero-order valence-electron chi connectivity index (χ0n) is 23.5. The van der Waals surface area contributed by atoms with E-state index in [4.69, 9.17) is 9.72 Å². The van der Waals surface area contributed by atoms with Gasteiger partial charge in [-0.25, -0.2) is 14.4 Å². The van der Waals surface area contributed by atoms with Crippen molar-refractivity contribution in [2.24, 2.45) is 0 Å². The van der Waals surface area contributed by atoms with E-state index in [9.17, 15) is 14.0 Å². The Kier molecular flexibility index (Phi) is 9.35. The van der Waals surface area contributed by atoms with Gasteiger partial charge in [0.2, 0.25) is 5.91 Å². The highest BCUT2D eigenvalue weighted by Crippen LogP contribution is 2.26. The van der Waals surface area contributed by atoms with Crippen LogP contribution in [0.4, 0.5) is 15.9 Å². The first-order valence-corrected chi connectivity index (χ1v) is 14.8. The third kappa shape index (κ3) is 7.15. The molecule has 2 aliphatic rings. The molecule has 3 heterocycles. The number of piperazine rings is 2. The first-order valence-electron chi connectivity index (χ1n) is 13.8. The fourth-order valence-corrected chi connectivity index (χ4v) is 5.92. The van der Waals surface area contributed by atoms with Crippen LogP contribution in [0.3, 0.4) is 0 Å². The quantitative estimate of drug-likeness (QED) is 0.296. The minimum atomic E-state index is -0.200. The number of hydrogen-bond acceptors (Lipinski definition) is 8. The predicted molar refractivity (Wildman–Crippen MR) is 158 cm³/mol. The summed E-state index contributed by atoms with van der Waals surface area (Å²) >= 11 is 1.54. The van der Waals surface area contributed by atoms with E-state index in [0.29, 0.717) is 68.0 Å². The molecule has 5 rings (SSSR count). The van der Waals surface area contributed by atoms with Gasteiger partial charge >= 0.3 is 0 Å². The fourth-order valence-electron chi connectivity index (χ4n) is 5.09. The maximum atomic E-state index is 14.3. The summed E-state index contributed by atoms with van der Waals surface area (Å²) in [5.74, 6) is 1.33. The van der Waals surface area contributed by atoms with Crippen molar-refractivity contribution in [3.8, 4) is 0 Å². The van der Waals surface area contributed by atoms with Crippen molar-refractivity contribution >= 4 is 35.1 Å². The number of nitrogens with zero attached hydrogens (tertiary/aromatic N) is 6. The van der Waals surface area contributed by atoms with Crippen molar-refractivity contribution in [3.63, 3.8) is 0 Å². The van der Waals surface area contributed by atoms with Gasteiger partial charge in [0.1, 0.15) is 11.6 Å². The van der Waals surface area contributed by atoms with Crippen molar-refractivity contribution in [3.05, 3.63) is 77.2 Å². The average Bonchev–Trinajstić information content (AvgIpc) is 3.00. The monoisotopic (exact) mass is 578 g/mol. The van der Waals surface area contributed by atoms with E-state index in [1.165, 1.54) is 17.8 Å². The number of carbonyl (C=O) groups is 2. The van der Waals surface area contributed by atoms with Crippen molar-refractivity contribution in [2.45, 2.75) is 24.4 Å². The minimum Gasteiger partial charge on any atom is -0.378 e. The summed E-state index contributed by atoms with van der Waals surface area (Å²) in [4.78, 5) is 41.9. The molecule has 0 bridgehead atoms. The van der Waals surface area contributed by atoms with E-state index in [-0.39, 0.29) is 17.6 Å². The largest absolute Gasteiger partial charge is 0.378 e. The number of aromatic nitrogens is 2. The molecule has 0 unspecified atom stereocenters. The summed E-state index contributed by atoms with van der Waals surface area (Å²) in [5.41, 5.74) is 3.15. The molecule has 2 fully saturated rings. The maximum Gasteiger partial charge on any atom is 0.253 e. The van der Waals surface area contributed by atoms with Gasteiger partial charge in [-0.15, -0.1) is 0 Å². The van der Waals surface area contributed by atoms with Crippen molar-refractivity contribution in [1.29, 1.82) is 0 Å². The van der Waals surface area contributed by atoms with Crippen LogP contribution in [0.2, 0.25) is 0 Å². The molecule has 0 radical (unpaired) electrons. The molecule has 2 amide bonds. The van der Waals surface area contributed by atoms with E-state index in [1.54, 1.807) is 29.9 Å². The highest BCUT2D eigenvalue weighted by atomic mass is 32.2. The van der Waals surface area contributed by atoms with E-state index in [2.05, 4.69) is 14.8 Å². The lowest BCUT2D eigenvalue weighted by Gasteiger charge is -2.37. The number of halogens is 1. The maximum absolute atomic E-state index is 14.3. The Balaban J connectivity index is 1.19. The molecule has 11 heteroatoms. The average molecular weight is 579 g/mol. The Bertz CT molecular complexity index is 1360. The number of ether oxygens (including phenoxy) is 1. The van der Waals surface area contributed by atoms with Crippen LogP contribution < -0.4 is 9.80 Å². The summed E-state index contributed by atoms with van der Waals surface area (Å²) in [7, 11) is 1.65. The molecule has 2 aliphatic heterocycles. The third-order valence-electron chi connectivity index (χ3n) is 7.42. The van der Waals surface area contributed by atoms with Crippen LogP contribution in [0.1, 0.15) is 28.5 Å². The van der Waals surface area contributed by atoms with Crippen LogP contribution in [0, 0.1) is 5.82 Å². The molecule has 3 aromatic rings. The summed E-state index contributed by atoms with van der Waals surface area (Å²) in [6, 6.07) is 16.5. The molecule has 0 saturated carbocycles. The first-order chi connectivity index (χ1) is 19.9. The molecule has 2 aromatic carbocycles. The molecule has 216 valence electrons. The topological polar surface area (TPSA) is 82.1 Å². The molecule has 0 spiro atoms. The molecule has 1 aromatic heterocycles. The molecule has 0 aliphatic carbocycles. The summed E-state index contributed by atoms with van der Waals surface area (Å²) < 4.78 is 19.6. The lowest BCUT2D eigenvalue weighted by Crippen LogP contribution is -2.50. The van der Waals surface area contributed by atoms with Gasteiger partial charge < -0.3 is 24.3 Å². The van der Waals surface area contributed by atoms with Crippen LogP contribution >= 0.6 is 11.8 Å². The Labute approximate surface area is 244 Å². The fraction of sp³-hybridized carbons (Fsp3) is 0.400. The highest BCUT2D eigenvalue weighted by Gasteiger charge is 2.24. The smallest absolute Gasteiger partial charge is 0.253 e. The van der Waals surface area contributed by atoms with Crippen molar-refractivity contribution < 1.29 is 18.7 Å². The molecule has 0 N–H and O–H groups in total. The van der Waals surface area contributed by atoms with Gasteiger partial charge in [-0.1, -0.05) is 36.0 Å². The number of anilines is 2. The van der Waals surface area contributed by atoms with Gasteiger partial charge in [0.15, 0.2) is 5.16 Å². The molecule has 0 atom stereocenters. The van der Waals surface area contributed by atoms with E-state index in [0.717, 1.165) is 30.2 Å². The van der Waals surface area contributed by atoms with Crippen LogP contribution in [-0.4, -0.2) is 91.0 Å². The van der Waals surface area contributed by atoms with Crippen LogP contribution in [0.15, 0.2) is 59.8 Å². The van der Waals surface area contributed by atoms with E-state index < -0.39 is 0 Å².